The molecule has 4 nitrogen and oxygen atoms in total. The molecule has 2 aliphatic rings. The van der Waals surface area contributed by atoms with Gasteiger partial charge >= 0.3 is 0 Å². The van der Waals surface area contributed by atoms with Crippen LogP contribution >= 0.6 is 0 Å². The summed E-state index contributed by atoms with van der Waals surface area (Å²) in [5.41, 5.74) is 9.86. The van der Waals surface area contributed by atoms with Gasteiger partial charge in [0.05, 0.1) is 7.11 Å². The van der Waals surface area contributed by atoms with Crippen molar-refractivity contribution in [3.8, 4) is 5.75 Å². The molecule has 1 saturated heterocycles. The Morgan fingerprint density at radius 3 is 2.64 bits per heavy atom. The van der Waals surface area contributed by atoms with E-state index >= 15 is 0 Å². The molecule has 0 amide bonds. The Morgan fingerprint density at radius 2 is 1.87 bits per heavy atom. The normalized spacial score (nSPS) is 19.9. The summed E-state index contributed by atoms with van der Waals surface area (Å²) in [6, 6.07) is 16.2. The van der Waals surface area contributed by atoms with Crippen LogP contribution < -0.4 is 10.2 Å². The molecule has 0 aromatic heterocycles. The summed E-state index contributed by atoms with van der Waals surface area (Å²) < 4.78 is 5.60. The quantitative estimate of drug-likeness (QED) is 0.148. The van der Waals surface area contributed by atoms with Crippen LogP contribution in [-0.2, 0) is 19.4 Å². The van der Waals surface area contributed by atoms with Gasteiger partial charge in [-0.2, -0.15) is 0 Å². The number of rotatable bonds is 15. The summed E-state index contributed by atoms with van der Waals surface area (Å²) in [5.74, 6) is 2.49. The lowest BCUT2D eigenvalue weighted by Crippen LogP contribution is -2.56. The van der Waals surface area contributed by atoms with Crippen molar-refractivity contribution in [3.05, 3.63) is 96.2 Å². The number of hydrogen-bond acceptors (Lipinski definition) is 4. The molecule has 2 atom stereocenters. The Kier molecular flexibility index (Phi) is 10.9. The highest BCUT2D eigenvalue weighted by Gasteiger charge is 2.37. The fourth-order valence-corrected chi connectivity index (χ4v) is 6.60. The topological polar surface area (TPSA) is 27.7 Å². The maximum atomic E-state index is 5.60. The summed E-state index contributed by atoms with van der Waals surface area (Å²) >= 11 is 0. The zero-order valence-electron chi connectivity index (χ0n) is 24.3. The van der Waals surface area contributed by atoms with Gasteiger partial charge in [0, 0.05) is 38.4 Å². The molecular weight excluding hydrogens is 478 g/mol. The average Bonchev–Trinajstić information content (AvgIpc) is 2.91. The molecule has 1 saturated carbocycles. The molecule has 0 bridgehead atoms. The minimum Gasteiger partial charge on any atom is -0.496 e. The Balaban J connectivity index is 1.34. The SMILES string of the molecule is C=CCCCC(=C)NN(C)Cc1cc(CC2CCCCC2N2CC(Cc3ccccc3OC)C2)ccc1C=C. The van der Waals surface area contributed by atoms with E-state index < -0.39 is 0 Å². The van der Waals surface area contributed by atoms with Crippen LogP contribution in [0.2, 0.25) is 0 Å². The minimum atomic E-state index is 0.707. The standard InChI is InChI=1S/C35H49N3O/c1-6-8-9-14-27(3)36-37(4)26-33-22-28(19-20-30(33)7-2)21-31-15-10-12-17-34(31)38-24-29(25-38)23-32-16-11-13-18-35(32)39-5/h6-7,11,13,16,18-20,22,29,31,34,36H,1-3,8-10,12,14-15,17,21,23-26H2,4-5H3. The number of hydrogen-bond donors (Lipinski definition) is 1. The second-order valence-electron chi connectivity index (χ2n) is 11.6. The van der Waals surface area contributed by atoms with Crippen molar-refractivity contribution >= 4 is 6.08 Å². The number of allylic oxidation sites excluding steroid dienone is 2. The van der Waals surface area contributed by atoms with Gasteiger partial charge in [0.25, 0.3) is 0 Å². The highest BCUT2D eigenvalue weighted by atomic mass is 16.5. The molecule has 2 unspecified atom stereocenters. The van der Waals surface area contributed by atoms with Gasteiger partial charge in [0.2, 0.25) is 0 Å². The maximum Gasteiger partial charge on any atom is 0.122 e. The molecule has 0 spiro atoms. The molecule has 4 rings (SSSR count). The Morgan fingerprint density at radius 1 is 1.08 bits per heavy atom. The van der Waals surface area contributed by atoms with Crippen molar-refractivity contribution in [2.75, 3.05) is 27.2 Å². The van der Waals surface area contributed by atoms with E-state index in [1.807, 2.05) is 12.2 Å². The first-order valence-corrected chi connectivity index (χ1v) is 14.9. The Labute approximate surface area is 237 Å². The predicted octanol–water partition coefficient (Wildman–Crippen LogP) is 7.42. The highest BCUT2D eigenvalue weighted by Crippen LogP contribution is 2.36. The largest absolute Gasteiger partial charge is 0.496 e. The molecule has 4 heteroatoms. The van der Waals surface area contributed by atoms with Crippen molar-refractivity contribution in [3.63, 3.8) is 0 Å². The molecule has 0 radical (unpaired) electrons. The van der Waals surface area contributed by atoms with Crippen LogP contribution in [0.15, 0.2) is 74.0 Å². The number of likely N-dealkylation sites (tertiary alicyclic amines) is 1. The first kappa shape index (κ1) is 29.2. The lowest BCUT2D eigenvalue weighted by Gasteiger charge is -2.49. The molecular formula is C35H49N3O. The summed E-state index contributed by atoms with van der Waals surface area (Å²) in [6.45, 7) is 15.3. The van der Waals surface area contributed by atoms with Crippen LogP contribution in [0.4, 0.5) is 0 Å². The smallest absolute Gasteiger partial charge is 0.122 e. The number of methoxy groups -OCH3 is 1. The summed E-state index contributed by atoms with van der Waals surface area (Å²) in [7, 11) is 3.88. The van der Waals surface area contributed by atoms with Crippen molar-refractivity contribution in [1.29, 1.82) is 0 Å². The fourth-order valence-electron chi connectivity index (χ4n) is 6.60. The molecule has 39 heavy (non-hydrogen) atoms. The number of benzene rings is 2. The molecule has 1 aliphatic carbocycles. The van der Waals surface area contributed by atoms with Gasteiger partial charge in [-0.25, -0.2) is 5.01 Å². The lowest BCUT2D eigenvalue weighted by molar-refractivity contribution is 0.00670. The number of para-hydroxylation sites is 1. The van der Waals surface area contributed by atoms with Crippen molar-refractivity contribution in [1.82, 2.24) is 15.3 Å². The van der Waals surface area contributed by atoms with Crippen LogP contribution in [0, 0.1) is 11.8 Å². The first-order valence-electron chi connectivity index (χ1n) is 14.9. The second-order valence-corrected chi connectivity index (χ2v) is 11.6. The van der Waals surface area contributed by atoms with E-state index in [9.17, 15) is 0 Å². The van der Waals surface area contributed by atoms with E-state index in [4.69, 9.17) is 4.74 Å². The number of nitrogens with one attached hydrogen (secondary N) is 1. The number of nitrogens with zero attached hydrogens (tertiary/aromatic N) is 2. The monoisotopic (exact) mass is 527 g/mol. The molecule has 2 aromatic carbocycles. The fraction of sp³-hybridized carbons (Fsp3) is 0.486. The summed E-state index contributed by atoms with van der Waals surface area (Å²) in [5, 5.41) is 2.15. The number of unbranched alkanes of at least 4 members (excludes halogenated alkanes) is 1. The molecule has 2 fully saturated rings. The minimum absolute atomic E-state index is 0.707. The molecule has 210 valence electrons. The van der Waals surface area contributed by atoms with E-state index in [1.165, 1.54) is 61.0 Å². The molecule has 1 heterocycles. The zero-order valence-corrected chi connectivity index (χ0v) is 24.3. The van der Waals surface area contributed by atoms with E-state index in [2.05, 4.69) is 84.6 Å². The van der Waals surface area contributed by atoms with Gasteiger partial charge in [-0.05, 0) is 85.1 Å². The predicted molar refractivity (Wildman–Crippen MR) is 166 cm³/mol. The van der Waals surface area contributed by atoms with Gasteiger partial charge in [-0.15, -0.1) is 6.58 Å². The molecule has 1 N–H and O–H groups in total. The number of ether oxygens (including phenoxy) is 1. The van der Waals surface area contributed by atoms with E-state index in [-0.39, 0.29) is 0 Å². The van der Waals surface area contributed by atoms with Crippen molar-refractivity contribution in [2.24, 2.45) is 11.8 Å². The third kappa shape index (κ3) is 8.09. The van der Waals surface area contributed by atoms with Crippen LogP contribution in [0.5, 0.6) is 5.75 Å². The van der Waals surface area contributed by atoms with E-state index in [0.29, 0.717) is 6.04 Å². The maximum absolute atomic E-state index is 5.60. The van der Waals surface area contributed by atoms with Crippen molar-refractivity contribution < 1.29 is 4.74 Å². The van der Waals surface area contributed by atoms with Gasteiger partial charge in [-0.1, -0.05) is 74.5 Å². The van der Waals surface area contributed by atoms with Gasteiger partial charge < -0.3 is 10.2 Å². The third-order valence-electron chi connectivity index (χ3n) is 8.59. The average molecular weight is 528 g/mol. The van der Waals surface area contributed by atoms with Gasteiger partial charge in [0.1, 0.15) is 5.75 Å². The first-order chi connectivity index (χ1) is 19.0. The Bertz CT molecular complexity index is 1100. The van der Waals surface area contributed by atoms with Crippen LogP contribution in [-0.4, -0.2) is 43.2 Å². The highest BCUT2D eigenvalue weighted by molar-refractivity contribution is 5.53. The molecule has 1 aliphatic heterocycles. The third-order valence-corrected chi connectivity index (χ3v) is 8.59. The Hall–Kier alpha value is -2.82. The van der Waals surface area contributed by atoms with Crippen LogP contribution in [0.3, 0.4) is 0 Å². The van der Waals surface area contributed by atoms with Crippen molar-refractivity contribution in [2.45, 2.75) is 70.4 Å². The lowest BCUT2D eigenvalue weighted by atomic mass is 9.77. The van der Waals surface area contributed by atoms with E-state index in [0.717, 1.165) is 61.9 Å². The van der Waals surface area contributed by atoms with Gasteiger partial charge in [-0.3, -0.25) is 4.90 Å². The number of hydrazine groups is 1. The van der Waals surface area contributed by atoms with E-state index in [1.54, 1.807) is 7.11 Å². The summed E-state index contributed by atoms with van der Waals surface area (Å²) in [4.78, 5) is 2.78. The van der Waals surface area contributed by atoms with Crippen LogP contribution in [0.1, 0.15) is 67.2 Å². The molecule has 2 aromatic rings. The second kappa shape index (κ2) is 14.5. The van der Waals surface area contributed by atoms with Gasteiger partial charge in [0.15, 0.2) is 0 Å². The summed E-state index contributed by atoms with van der Waals surface area (Å²) in [6.07, 6.45) is 14.7. The van der Waals surface area contributed by atoms with Crippen LogP contribution in [0.25, 0.3) is 6.08 Å². The zero-order chi connectivity index (χ0) is 27.6.